The van der Waals surface area contributed by atoms with Crippen LogP contribution in [-0.2, 0) is 27.3 Å². The maximum atomic E-state index is 11.4. The summed E-state index contributed by atoms with van der Waals surface area (Å²) in [7, 11) is 0. The lowest BCUT2D eigenvalue weighted by atomic mass is 10.2. The Morgan fingerprint density at radius 2 is 1.58 bits per heavy atom. The van der Waals surface area contributed by atoms with E-state index in [0.29, 0.717) is 18.8 Å². The molecule has 0 fully saturated rings. The monoisotopic (exact) mass is 430 g/mol. The van der Waals surface area contributed by atoms with Crippen LogP contribution in [0.1, 0.15) is 37.1 Å². The van der Waals surface area contributed by atoms with E-state index in [9.17, 15) is 14.4 Å². The van der Waals surface area contributed by atoms with Crippen LogP contribution in [0.4, 0.5) is 5.82 Å². The van der Waals surface area contributed by atoms with Gasteiger partial charge in [-0.15, -0.1) is 0 Å². The molecule has 0 bridgehead atoms. The Kier molecular flexibility index (Phi) is 14.5. The highest BCUT2D eigenvalue weighted by molar-refractivity contribution is 5.85. The van der Waals surface area contributed by atoms with Gasteiger partial charge in [-0.1, -0.05) is 50.2 Å². The molecule has 2 rings (SSSR count). The van der Waals surface area contributed by atoms with Crippen molar-refractivity contribution in [2.45, 2.75) is 40.2 Å². The summed E-state index contributed by atoms with van der Waals surface area (Å²) >= 11 is 0. The first kappa shape index (κ1) is 27.5. The fraction of sp³-hybridized carbons (Fsp3) is 0.364. The number of pyridine rings is 1. The maximum absolute atomic E-state index is 11.4. The number of amides is 3. The normalized spacial score (nSPS) is 9.29. The van der Waals surface area contributed by atoms with Crippen LogP contribution < -0.4 is 27.8 Å². The first-order chi connectivity index (χ1) is 14.7. The average molecular weight is 431 g/mol. The zero-order valence-electron chi connectivity index (χ0n) is 18.5. The second kappa shape index (κ2) is 16.3. The van der Waals surface area contributed by atoms with Crippen molar-refractivity contribution in [1.29, 1.82) is 0 Å². The number of benzene rings is 1. The molecule has 0 saturated heterocycles. The van der Waals surface area contributed by atoms with E-state index in [1.54, 1.807) is 19.1 Å². The van der Waals surface area contributed by atoms with Gasteiger partial charge in [0.1, 0.15) is 5.82 Å². The lowest BCUT2D eigenvalue weighted by Gasteiger charge is -2.08. The molecule has 0 unspecified atom stereocenters. The number of hydrogen-bond donors (Lipinski definition) is 5. The molecule has 31 heavy (non-hydrogen) atoms. The molecule has 1 heterocycles. The molecule has 1 aromatic heterocycles. The van der Waals surface area contributed by atoms with Gasteiger partial charge in [-0.25, -0.2) is 4.98 Å². The van der Waals surface area contributed by atoms with E-state index in [0.717, 1.165) is 17.7 Å². The molecular formula is C22H34N6O3. The van der Waals surface area contributed by atoms with Crippen molar-refractivity contribution < 1.29 is 14.4 Å². The van der Waals surface area contributed by atoms with E-state index in [-0.39, 0.29) is 30.8 Å². The molecule has 0 radical (unpaired) electrons. The van der Waals surface area contributed by atoms with Gasteiger partial charge in [0.15, 0.2) is 0 Å². The first-order valence-corrected chi connectivity index (χ1v) is 10.0. The highest BCUT2D eigenvalue weighted by Gasteiger charge is 2.05. The van der Waals surface area contributed by atoms with E-state index in [4.69, 9.17) is 11.5 Å². The molecular weight excluding hydrogens is 396 g/mol. The minimum absolute atomic E-state index is 0.0858. The van der Waals surface area contributed by atoms with Crippen molar-refractivity contribution in [2.75, 3.05) is 18.8 Å². The standard InChI is InChI=1S/C11H17N5O2.C8H10.C3H7NO/c1-7-8(2-3-9(13)16-7)5-14-11(18)6-15-10(17)4-12;1-2-8-6-4-3-5-7-8;1-2-3(4)5/h2-3H,4-6,12H2,1H3,(H2,13,16)(H,14,18)(H,15,17);3-7H,2H2,1H3;2H2,1H3,(H2,4,5). The number of aryl methyl sites for hydroxylation is 2. The summed E-state index contributed by atoms with van der Waals surface area (Å²) < 4.78 is 0. The maximum Gasteiger partial charge on any atom is 0.239 e. The van der Waals surface area contributed by atoms with Crippen molar-refractivity contribution in [3.63, 3.8) is 0 Å². The number of rotatable bonds is 7. The topological polar surface area (TPSA) is 166 Å². The van der Waals surface area contributed by atoms with Gasteiger partial charge in [-0.05, 0) is 30.5 Å². The molecule has 0 aliphatic heterocycles. The summed E-state index contributed by atoms with van der Waals surface area (Å²) in [5, 5.41) is 5.04. The summed E-state index contributed by atoms with van der Waals surface area (Å²) in [6.45, 7) is 5.83. The van der Waals surface area contributed by atoms with E-state index < -0.39 is 0 Å². The fourth-order valence-electron chi connectivity index (χ4n) is 2.02. The van der Waals surface area contributed by atoms with Gasteiger partial charge in [-0.3, -0.25) is 14.4 Å². The number of nitrogen functional groups attached to an aromatic ring is 1. The Bertz CT molecular complexity index is 812. The van der Waals surface area contributed by atoms with E-state index >= 15 is 0 Å². The third-order valence-corrected chi connectivity index (χ3v) is 3.92. The molecule has 0 aliphatic rings. The molecule has 0 aliphatic carbocycles. The average Bonchev–Trinajstić information content (AvgIpc) is 2.78. The predicted octanol–water partition coefficient (Wildman–Crippen LogP) is 0.794. The van der Waals surface area contributed by atoms with Gasteiger partial charge in [0.25, 0.3) is 0 Å². The van der Waals surface area contributed by atoms with Gasteiger partial charge >= 0.3 is 0 Å². The molecule has 8 N–H and O–H groups in total. The number of primary amides is 1. The van der Waals surface area contributed by atoms with Crippen molar-refractivity contribution in [3.05, 3.63) is 59.3 Å². The zero-order valence-corrected chi connectivity index (χ0v) is 18.5. The molecule has 9 nitrogen and oxygen atoms in total. The number of nitrogens with one attached hydrogen (secondary N) is 2. The summed E-state index contributed by atoms with van der Waals surface area (Å²) in [6, 6.07) is 13.9. The summed E-state index contributed by atoms with van der Waals surface area (Å²) in [6.07, 6.45) is 1.58. The molecule has 1 aromatic carbocycles. The Balaban J connectivity index is 0.000000566. The lowest BCUT2D eigenvalue weighted by Crippen LogP contribution is -2.39. The third kappa shape index (κ3) is 14.2. The Morgan fingerprint density at radius 3 is 2.03 bits per heavy atom. The molecule has 0 spiro atoms. The number of hydrogen-bond acceptors (Lipinski definition) is 6. The number of nitrogens with zero attached hydrogens (tertiary/aromatic N) is 1. The number of anilines is 1. The van der Waals surface area contributed by atoms with Crippen LogP contribution in [0.5, 0.6) is 0 Å². The van der Waals surface area contributed by atoms with E-state index in [1.807, 2.05) is 13.0 Å². The van der Waals surface area contributed by atoms with Crippen molar-refractivity contribution in [3.8, 4) is 0 Å². The van der Waals surface area contributed by atoms with Crippen LogP contribution in [0.15, 0.2) is 42.5 Å². The Hall–Kier alpha value is -3.46. The van der Waals surface area contributed by atoms with Gasteiger partial charge in [0.05, 0.1) is 13.1 Å². The van der Waals surface area contributed by atoms with Crippen LogP contribution in [0.2, 0.25) is 0 Å². The van der Waals surface area contributed by atoms with Crippen molar-refractivity contribution >= 4 is 23.5 Å². The minimum atomic E-state index is -0.365. The molecule has 0 atom stereocenters. The molecule has 3 amide bonds. The Morgan fingerprint density at radius 1 is 0.968 bits per heavy atom. The highest BCUT2D eigenvalue weighted by Crippen LogP contribution is 2.07. The predicted molar refractivity (Wildman–Crippen MR) is 123 cm³/mol. The van der Waals surface area contributed by atoms with Crippen LogP contribution in [0.3, 0.4) is 0 Å². The fourth-order valence-corrected chi connectivity index (χ4v) is 2.02. The number of carbonyl (C=O) groups is 3. The van der Waals surface area contributed by atoms with Gasteiger partial charge < -0.3 is 27.8 Å². The molecule has 2 aromatic rings. The quantitative estimate of drug-likeness (QED) is 0.435. The van der Waals surface area contributed by atoms with Crippen LogP contribution in [0.25, 0.3) is 0 Å². The lowest BCUT2D eigenvalue weighted by molar-refractivity contribution is -0.125. The summed E-state index contributed by atoms with van der Waals surface area (Å²) in [5.74, 6) is -0.453. The smallest absolute Gasteiger partial charge is 0.239 e. The third-order valence-electron chi connectivity index (χ3n) is 3.92. The first-order valence-electron chi connectivity index (χ1n) is 10.0. The summed E-state index contributed by atoms with van der Waals surface area (Å²) in [5.41, 5.74) is 18.3. The van der Waals surface area contributed by atoms with E-state index in [2.05, 4.69) is 52.5 Å². The van der Waals surface area contributed by atoms with E-state index in [1.165, 1.54) is 5.56 Å². The molecule has 170 valence electrons. The van der Waals surface area contributed by atoms with Crippen molar-refractivity contribution in [2.24, 2.45) is 11.5 Å². The van der Waals surface area contributed by atoms with Crippen molar-refractivity contribution in [1.82, 2.24) is 15.6 Å². The number of aromatic nitrogens is 1. The number of nitrogens with two attached hydrogens (primary N) is 3. The molecule has 0 saturated carbocycles. The SMILES string of the molecule is CCC(N)=O.CCc1ccccc1.Cc1nc(N)ccc1CNC(=O)CNC(=O)CN. The largest absolute Gasteiger partial charge is 0.384 e. The Labute approximate surface area is 183 Å². The van der Waals surface area contributed by atoms with Crippen LogP contribution in [0, 0.1) is 6.92 Å². The highest BCUT2D eigenvalue weighted by atomic mass is 16.2. The van der Waals surface area contributed by atoms with Gasteiger partial charge in [0.2, 0.25) is 17.7 Å². The molecule has 9 heteroatoms. The second-order valence-electron chi connectivity index (χ2n) is 6.40. The van der Waals surface area contributed by atoms with Crippen LogP contribution in [-0.4, -0.2) is 35.8 Å². The second-order valence-corrected chi connectivity index (χ2v) is 6.40. The van der Waals surface area contributed by atoms with Gasteiger partial charge in [-0.2, -0.15) is 0 Å². The summed E-state index contributed by atoms with van der Waals surface area (Å²) in [4.78, 5) is 35.9. The minimum Gasteiger partial charge on any atom is -0.384 e. The number of carbonyl (C=O) groups excluding carboxylic acids is 3. The van der Waals surface area contributed by atoms with Crippen LogP contribution >= 0.6 is 0 Å². The zero-order chi connectivity index (χ0) is 23.6. The van der Waals surface area contributed by atoms with Gasteiger partial charge in [0, 0.05) is 18.7 Å².